The molecule has 6 nitrogen and oxygen atoms in total. The zero-order valence-electron chi connectivity index (χ0n) is 26.4. The lowest BCUT2D eigenvalue weighted by Gasteiger charge is -2.70. The second-order valence-corrected chi connectivity index (χ2v) is 16.3. The molecule has 4 fully saturated rings. The van der Waals surface area contributed by atoms with Crippen molar-refractivity contribution in [3.05, 3.63) is 11.6 Å². The fourth-order valence-electron chi connectivity index (χ4n) is 11.4. The molecular weight excluding hydrogens is 502 g/mol. The van der Waals surface area contributed by atoms with Crippen LogP contribution in [0.3, 0.4) is 0 Å². The van der Waals surface area contributed by atoms with E-state index in [-0.39, 0.29) is 62.5 Å². The number of rotatable bonds is 4. The maximum atomic E-state index is 14.5. The predicted octanol–water partition coefficient (Wildman–Crippen LogP) is 6.60. The van der Waals surface area contributed by atoms with Gasteiger partial charge in [-0.3, -0.25) is 14.4 Å². The van der Waals surface area contributed by atoms with Gasteiger partial charge in [-0.1, -0.05) is 54.0 Å². The van der Waals surface area contributed by atoms with Crippen molar-refractivity contribution < 1.29 is 23.9 Å². The predicted molar refractivity (Wildman–Crippen MR) is 155 cm³/mol. The topological polar surface area (TPSA) is 95.7 Å². The van der Waals surface area contributed by atoms with E-state index in [1.165, 1.54) is 12.5 Å². The van der Waals surface area contributed by atoms with Crippen LogP contribution in [0.1, 0.15) is 113 Å². The molecule has 0 bridgehead atoms. The van der Waals surface area contributed by atoms with Crippen molar-refractivity contribution in [2.24, 2.45) is 61.9 Å². The molecule has 0 radical (unpaired) electrons. The molecule has 0 saturated heterocycles. The van der Waals surface area contributed by atoms with Gasteiger partial charge in [-0.2, -0.15) is 0 Å². The molecule has 5 rings (SSSR count). The number of carbonyl (C=O) groups is 3. The van der Waals surface area contributed by atoms with Crippen molar-refractivity contribution in [2.75, 3.05) is 7.11 Å². The molecule has 0 aromatic carbocycles. The first-order valence-electron chi connectivity index (χ1n) is 15.7. The maximum absolute atomic E-state index is 14.5. The van der Waals surface area contributed by atoms with Gasteiger partial charge in [0.2, 0.25) is 12.2 Å². The lowest BCUT2D eigenvalue weighted by molar-refractivity contribution is -0.234. The summed E-state index contributed by atoms with van der Waals surface area (Å²) in [6, 6.07) is 0. The van der Waals surface area contributed by atoms with E-state index < -0.39 is 11.7 Å². The minimum atomic E-state index is -0.571. The Morgan fingerprint density at radius 3 is 2.20 bits per heavy atom. The van der Waals surface area contributed by atoms with Crippen molar-refractivity contribution >= 4 is 17.7 Å². The van der Waals surface area contributed by atoms with Gasteiger partial charge in [-0.25, -0.2) is 0 Å². The third-order valence-electron chi connectivity index (χ3n) is 14.1. The number of hydrogen-bond donors (Lipinski definition) is 1. The van der Waals surface area contributed by atoms with Crippen molar-refractivity contribution in [3.63, 3.8) is 0 Å². The lowest BCUT2D eigenvalue weighted by Crippen LogP contribution is -2.66. The van der Waals surface area contributed by atoms with Gasteiger partial charge in [-0.15, -0.1) is 0 Å². The van der Waals surface area contributed by atoms with E-state index in [0.717, 1.165) is 57.8 Å². The molecule has 2 unspecified atom stereocenters. The Morgan fingerprint density at radius 1 is 0.950 bits per heavy atom. The van der Waals surface area contributed by atoms with Crippen LogP contribution in [0.5, 0.6) is 0 Å². The second-order valence-electron chi connectivity index (χ2n) is 16.3. The first-order valence-corrected chi connectivity index (χ1v) is 15.7. The molecule has 0 heterocycles. The van der Waals surface area contributed by atoms with E-state index in [2.05, 4.69) is 47.6 Å². The summed E-state index contributed by atoms with van der Waals surface area (Å²) in [6.45, 7) is 17.7. The van der Waals surface area contributed by atoms with Gasteiger partial charge in [0.15, 0.2) is 5.78 Å². The first kappa shape index (κ1) is 29.8. The molecule has 5 aliphatic rings. The van der Waals surface area contributed by atoms with Gasteiger partial charge in [0.25, 0.3) is 0 Å². The van der Waals surface area contributed by atoms with Crippen LogP contribution in [0.15, 0.2) is 11.6 Å². The number of hydrogen-bond acceptors (Lipinski definition) is 5. The van der Waals surface area contributed by atoms with E-state index in [9.17, 15) is 14.4 Å². The first-order chi connectivity index (χ1) is 18.4. The third-order valence-corrected chi connectivity index (χ3v) is 14.1. The number of carbonyl (C=O) groups excluding carboxylic acids is 3. The Bertz CT molecular complexity index is 1140. The number of ether oxygens (including phenoxy) is 2. The van der Waals surface area contributed by atoms with E-state index in [4.69, 9.17) is 15.2 Å². The highest BCUT2D eigenvalue weighted by atomic mass is 16.7. The molecule has 1 amide bonds. The molecule has 40 heavy (non-hydrogen) atoms. The van der Waals surface area contributed by atoms with Gasteiger partial charge in [0.1, 0.15) is 0 Å². The zero-order chi connectivity index (χ0) is 29.7. The summed E-state index contributed by atoms with van der Waals surface area (Å²) in [5, 5.41) is 0. The van der Waals surface area contributed by atoms with E-state index in [0.29, 0.717) is 5.92 Å². The van der Waals surface area contributed by atoms with Crippen LogP contribution in [-0.2, 0) is 23.9 Å². The van der Waals surface area contributed by atoms with Crippen LogP contribution in [-0.4, -0.2) is 31.1 Å². The number of fused-ring (bicyclic) bond motifs is 7. The molecule has 2 N–H and O–H groups in total. The smallest absolute Gasteiger partial charge is 0.304 e. The Hall–Kier alpha value is -1.69. The minimum Gasteiger partial charge on any atom is -0.436 e. The van der Waals surface area contributed by atoms with Crippen LogP contribution in [0.2, 0.25) is 0 Å². The molecule has 0 aliphatic heterocycles. The van der Waals surface area contributed by atoms with Gasteiger partial charge < -0.3 is 15.2 Å². The second kappa shape index (κ2) is 9.15. The standard InChI is InChI=1S/C34H53NO5/c1-20(36)40-27(39-9)21-10-12-32(6)25(29(21,2)3)11-13-34(8)26(32)24(37)18-22-23-19-31(5,28(35)38)15-14-30(23,4)16-17-33(22,34)7/h18,21,23,25-27H,10-17,19H2,1-9H3,(H2,35,38)/t21-,23-,25?,26-,27?,30-,31+,32+,33-,34-/m1/s1. The van der Waals surface area contributed by atoms with Crippen molar-refractivity contribution in [3.8, 4) is 0 Å². The SMILES string of the molecule is COC(OC(C)=O)[C@H]1CC[C@@]2(C)C(CC[C@]3(C)[C@@H]2C(=O)C=C2[C@H]4C[C@@](C)(C(N)=O)CC[C@]4(C)CC[C@]23C)C1(C)C. The lowest BCUT2D eigenvalue weighted by atomic mass is 9.33. The number of methoxy groups -OCH3 is 1. The quantitative estimate of drug-likeness (QED) is 0.311. The van der Waals surface area contributed by atoms with E-state index in [1.807, 2.05) is 6.92 Å². The highest BCUT2D eigenvalue weighted by Gasteiger charge is 2.70. The molecule has 224 valence electrons. The number of ketones is 1. The molecule has 0 aromatic rings. The molecular formula is C34H53NO5. The molecule has 0 aromatic heterocycles. The molecule has 6 heteroatoms. The molecule has 0 spiro atoms. The maximum Gasteiger partial charge on any atom is 0.304 e. The zero-order valence-corrected chi connectivity index (χ0v) is 26.4. The van der Waals surface area contributed by atoms with Crippen molar-refractivity contribution in [1.82, 2.24) is 0 Å². The minimum absolute atomic E-state index is 0.0575. The van der Waals surface area contributed by atoms with Crippen LogP contribution in [0.25, 0.3) is 0 Å². The van der Waals surface area contributed by atoms with Gasteiger partial charge in [0.05, 0.1) is 0 Å². The largest absolute Gasteiger partial charge is 0.436 e. The summed E-state index contributed by atoms with van der Waals surface area (Å²) in [7, 11) is 1.62. The Morgan fingerprint density at radius 2 is 1.60 bits per heavy atom. The number of amides is 1. The van der Waals surface area contributed by atoms with Crippen molar-refractivity contribution in [1.29, 1.82) is 0 Å². The summed E-state index contributed by atoms with van der Waals surface area (Å²) >= 11 is 0. The molecule has 5 aliphatic carbocycles. The summed E-state index contributed by atoms with van der Waals surface area (Å²) < 4.78 is 11.4. The van der Waals surface area contributed by atoms with E-state index >= 15 is 0 Å². The van der Waals surface area contributed by atoms with Gasteiger partial charge in [-0.05, 0) is 103 Å². The highest BCUT2D eigenvalue weighted by molar-refractivity contribution is 5.95. The summed E-state index contributed by atoms with van der Waals surface area (Å²) in [6.07, 6.45) is 10.1. The average Bonchev–Trinajstić information content (AvgIpc) is 2.84. The normalized spacial score (nSPS) is 48.4. The summed E-state index contributed by atoms with van der Waals surface area (Å²) in [4.78, 5) is 39.0. The molecule has 10 atom stereocenters. The van der Waals surface area contributed by atoms with Crippen LogP contribution in [0, 0.1) is 56.2 Å². The highest BCUT2D eigenvalue weighted by Crippen LogP contribution is 2.75. The fourth-order valence-corrected chi connectivity index (χ4v) is 11.4. The van der Waals surface area contributed by atoms with Crippen LogP contribution >= 0.6 is 0 Å². The number of nitrogens with two attached hydrogens (primary N) is 1. The van der Waals surface area contributed by atoms with Gasteiger partial charge >= 0.3 is 5.97 Å². The van der Waals surface area contributed by atoms with Gasteiger partial charge in [0, 0.05) is 31.3 Å². The monoisotopic (exact) mass is 555 g/mol. The van der Waals surface area contributed by atoms with Crippen LogP contribution < -0.4 is 5.73 Å². The van der Waals surface area contributed by atoms with E-state index in [1.54, 1.807) is 7.11 Å². The fraction of sp³-hybridized carbons (Fsp3) is 0.853. The average molecular weight is 556 g/mol. The number of allylic oxidation sites excluding steroid dienone is 2. The number of primary amides is 1. The van der Waals surface area contributed by atoms with Crippen molar-refractivity contribution in [2.45, 2.75) is 119 Å². The van der Waals surface area contributed by atoms with Crippen LogP contribution in [0.4, 0.5) is 0 Å². The summed E-state index contributed by atoms with van der Waals surface area (Å²) in [5.41, 5.74) is 6.29. The number of esters is 1. The Balaban J connectivity index is 1.55. The Labute approximate surface area is 241 Å². The third kappa shape index (κ3) is 3.86. The molecule has 4 saturated carbocycles. The summed E-state index contributed by atoms with van der Waals surface area (Å²) in [5.74, 6) is 0.308. The Kier molecular flexibility index (Phi) is 6.82.